The third kappa shape index (κ3) is 8.42. The second-order valence-electron chi connectivity index (χ2n) is 7.40. The van der Waals surface area contributed by atoms with Crippen molar-refractivity contribution in [1.82, 2.24) is 0 Å². The summed E-state index contributed by atoms with van der Waals surface area (Å²) in [6.07, 6.45) is 9.57. The Bertz CT molecular complexity index is 399. The van der Waals surface area contributed by atoms with Crippen LogP contribution >= 0.6 is 0 Å². The number of rotatable bonds is 13. The van der Waals surface area contributed by atoms with Crippen molar-refractivity contribution in [2.45, 2.75) is 83.5 Å². The molecule has 1 aromatic rings. The van der Waals surface area contributed by atoms with Gasteiger partial charge >= 0.3 is 150 Å². The molecule has 0 saturated carbocycles. The average molecular weight is 421 g/mol. The van der Waals surface area contributed by atoms with E-state index in [0.717, 1.165) is 6.42 Å². The standard InChI is InChI=1S/C10H11.3C4H9.Sn/c1-9(2)8-10-6-4-3-5-7-10;3*1-3-4-2;/h3-7H,1-2,8H2;3*1,3-4H2,2H3;. The Balaban J connectivity index is 2.76. The normalized spacial score (nSPS) is 11.6. The number of benzene rings is 1. The molecule has 0 aromatic heterocycles. The molecule has 0 bridgehead atoms. The van der Waals surface area contributed by atoms with Crippen molar-refractivity contribution in [3.8, 4) is 0 Å². The predicted molar refractivity (Wildman–Crippen MR) is 109 cm³/mol. The Kier molecular flexibility index (Phi) is 11.0. The first kappa shape index (κ1) is 20.8. The van der Waals surface area contributed by atoms with Crippen LogP contribution in [0.3, 0.4) is 0 Å². The maximum atomic E-state index is 4.51. The zero-order chi connectivity index (χ0) is 17.0. The summed E-state index contributed by atoms with van der Waals surface area (Å²) in [5.41, 5.74) is 2.97. The van der Waals surface area contributed by atoms with E-state index < -0.39 is 18.4 Å². The van der Waals surface area contributed by atoms with Gasteiger partial charge in [0.05, 0.1) is 0 Å². The fourth-order valence-corrected chi connectivity index (χ4v) is 20.3. The fourth-order valence-electron chi connectivity index (χ4n) is 3.77. The van der Waals surface area contributed by atoms with Crippen molar-refractivity contribution in [1.29, 1.82) is 0 Å². The first-order valence-corrected chi connectivity index (χ1v) is 17.9. The zero-order valence-corrected chi connectivity index (χ0v) is 18.7. The molecule has 0 aliphatic rings. The van der Waals surface area contributed by atoms with Gasteiger partial charge in [-0.2, -0.15) is 0 Å². The monoisotopic (exact) mass is 422 g/mol. The van der Waals surface area contributed by atoms with E-state index in [4.69, 9.17) is 0 Å². The van der Waals surface area contributed by atoms with Gasteiger partial charge in [0.25, 0.3) is 0 Å². The predicted octanol–water partition coefficient (Wildman–Crippen LogP) is 7.63. The van der Waals surface area contributed by atoms with Crippen molar-refractivity contribution in [2.24, 2.45) is 0 Å². The van der Waals surface area contributed by atoms with Crippen molar-refractivity contribution in [2.75, 3.05) is 0 Å². The second kappa shape index (κ2) is 12.2. The van der Waals surface area contributed by atoms with E-state index >= 15 is 0 Å². The van der Waals surface area contributed by atoms with Gasteiger partial charge in [-0.3, -0.25) is 0 Å². The van der Waals surface area contributed by atoms with E-state index in [0.29, 0.717) is 0 Å². The Morgan fingerprint density at radius 2 is 1.30 bits per heavy atom. The summed E-state index contributed by atoms with van der Waals surface area (Å²) in [4.78, 5) is 0. The van der Waals surface area contributed by atoms with E-state index in [-0.39, 0.29) is 0 Å². The average Bonchev–Trinajstić information content (AvgIpc) is 2.57. The van der Waals surface area contributed by atoms with Gasteiger partial charge in [-0.1, -0.05) is 0 Å². The summed E-state index contributed by atoms with van der Waals surface area (Å²) >= 11 is -2.04. The molecule has 0 heterocycles. The molecule has 0 unspecified atom stereocenters. The minimum absolute atomic E-state index is 1.10. The SMILES string of the molecule is C=C(Cc1ccccc1)[CH2][Sn]([CH2]CCC)([CH2]CCC)[CH2]CCC. The van der Waals surface area contributed by atoms with Crippen molar-refractivity contribution in [3.05, 3.63) is 48.0 Å². The van der Waals surface area contributed by atoms with Gasteiger partial charge in [0, 0.05) is 0 Å². The summed E-state index contributed by atoms with van der Waals surface area (Å²) in [7, 11) is 0. The zero-order valence-electron chi connectivity index (χ0n) is 15.9. The molecule has 0 radical (unpaired) electrons. The molecule has 0 spiro atoms. The van der Waals surface area contributed by atoms with Gasteiger partial charge in [-0.25, -0.2) is 0 Å². The van der Waals surface area contributed by atoms with Crippen LogP contribution in [0.1, 0.15) is 64.9 Å². The molecule has 0 atom stereocenters. The van der Waals surface area contributed by atoms with E-state index in [2.05, 4.69) is 57.7 Å². The number of unbranched alkanes of at least 4 members (excludes halogenated alkanes) is 3. The molecule has 0 amide bonds. The van der Waals surface area contributed by atoms with Crippen LogP contribution in [-0.2, 0) is 6.42 Å². The molecule has 0 saturated heterocycles. The Morgan fingerprint density at radius 3 is 1.74 bits per heavy atom. The van der Waals surface area contributed by atoms with Gasteiger partial charge < -0.3 is 0 Å². The molecule has 0 fully saturated rings. The van der Waals surface area contributed by atoms with Gasteiger partial charge in [-0.15, -0.1) is 0 Å². The molecule has 1 heteroatoms. The van der Waals surface area contributed by atoms with Crippen LogP contribution in [-0.4, -0.2) is 18.4 Å². The minimum atomic E-state index is -2.04. The van der Waals surface area contributed by atoms with Crippen LogP contribution in [0, 0.1) is 0 Å². The van der Waals surface area contributed by atoms with Gasteiger partial charge in [0.2, 0.25) is 0 Å². The van der Waals surface area contributed by atoms with E-state index in [1.807, 2.05) is 0 Å². The van der Waals surface area contributed by atoms with Crippen LogP contribution in [0.2, 0.25) is 17.7 Å². The van der Waals surface area contributed by atoms with Crippen LogP contribution in [0.25, 0.3) is 0 Å². The molecule has 0 aliphatic heterocycles. The van der Waals surface area contributed by atoms with Crippen molar-refractivity contribution >= 4 is 18.4 Å². The molecular formula is C22H38Sn. The van der Waals surface area contributed by atoms with Crippen LogP contribution in [0.5, 0.6) is 0 Å². The van der Waals surface area contributed by atoms with E-state index in [1.165, 1.54) is 54.1 Å². The third-order valence-corrected chi connectivity index (χ3v) is 20.8. The van der Waals surface area contributed by atoms with Crippen LogP contribution in [0.4, 0.5) is 0 Å². The summed E-state index contributed by atoms with van der Waals surface area (Å²) in [5.74, 6) is 0. The molecule has 23 heavy (non-hydrogen) atoms. The van der Waals surface area contributed by atoms with Gasteiger partial charge in [0.1, 0.15) is 0 Å². The first-order valence-electron chi connectivity index (χ1n) is 9.86. The topological polar surface area (TPSA) is 0 Å². The molecule has 0 nitrogen and oxygen atoms in total. The first-order chi connectivity index (χ1) is 11.2. The summed E-state index contributed by atoms with van der Waals surface area (Å²) in [6.45, 7) is 11.6. The quantitative estimate of drug-likeness (QED) is 0.227. The Morgan fingerprint density at radius 1 is 0.826 bits per heavy atom. The second-order valence-corrected chi connectivity index (χ2v) is 21.3. The summed E-state index contributed by atoms with van der Waals surface area (Å²) in [6, 6.07) is 10.9. The van der Waals surface area contributed by atoms with Gasteiger partial charge in [0.15, 0.2) is 0 Å². The Hall–Kier alpha value is -0.241. The Labute approximate surface area is 149 Å². The molecule has 130 valence electrons. The van der Waals surface area contributed by atoms with Crippen molar-refractivity contribution in [3.63, 3.8) is 0 Å². The third-order valence-electron chi connectivity index (χ3n) is 5.10. The molecular weight excluding hydrogens is 383 g/mol. The molecule has 0 aliphatic carbocycles. The summed E-state index contributed by atoms with van der Waals surface area (Å²) < 4.78 is 6.22. The molecule has 1 aromatic carbocycles. The molecule has 1 rings (SSSR count). The van der Waals surface area contributed by atoms with Crippen molar-refractivity contribution < 1.29 is 0 Å². The van der Waals surface area contributed by atoms with Crippen LogP contribution in [0.15, 0.2) is 42.5 Å². The van der Waals surface area contributed by atoms with Gasteiger partial charge in [-0.05, 0) is 0 Å². The van der Waals surface area contributed by atoms with E-state index in [9.17, 15) is 0 Å². The fraction of sp³-hybridized carbons (Fsp3) is 0.636. The molecule has 0 N–H and O–H groups in total. The van der Waals surface area contributed by atoms with E-state index in [1.54, 1.807) is 13.3 Å². The maximum absolute atomic E-state index is 4.51. The van der Waals surface area contributed by atoms with Crippen LogP contribution < -0.4 is 0 Å². The summed E-state index contributed by atoms with van der Waals surface area (Å²) in [5, 5.41) is 0. The number of hydrogen-bond donors (Lipinski definition) is 0. The number of allylic oxidation sites excluding steroid dienone is 1. The number of hydrogen-bond acceptors (Lipinski definition) is 0.